The highest BCUT2D eigenvalue weighted by molar-refractivity contribution is 6.29. The number of pyridine rings is 1. The summed E-state index contributed by atoms with van der Waals surface area (Å²) in [6.45, 7) is 4.30. The predicted molar refractivity (Wildman–Crippen MR) is 89.8 cm³/mol. The first-order chi connectivity index (χ1) is 10.6. The van der Waals surface area contributed by atoms with E-state index in [4.69, 9.17) is 11.6 Å². The first kappa shape index (κ1) is 14.9. The highest BCUT2D eigenvalue weighted by Crippen LogP contribution is 2.26. The van der Waals surface area contributed by atoms with Crippen LogP contribution >= 0.6 is 11.6 Å². The molecule has 2 heterocycles. The molecule has 0 aliphatic carbocycles. The van der Waals surface area contributed by atoms with Gasteiger partial charge in [0.2, 0.25) is 0 Å². The molecule has 22 heavy (non-hydrogen) atoms. The van der Waals surface area contributed by atoms with E-state index in [9.17, 15) is 4.79 Å². The van der Waals surface area contributed by atoms with Crippen molar-refractivity contribution in [3.8, 4) is 0 Å². The van der Waals surface area contributed by atoms with Gasteiger partial charge in [-0.15, -0.1) is 0 Å². The SMILES string of the molecule is Cc1cc(NC(=O)c2ccnc(Cl)c2)ccc1N1CCCC1. The number of aryl methyl sites for hydroxylation is 1. The Morgan fingerprint density at radius 3 is 2.68 bits per heavy atom. The van der Waals surface area contributed by atoms with Crippen LogP contribution in [0, 0.1) is 6.92 Å². The predicted octanol–water partition coefficient (Wildman–Crippen LogP) is 3.90. The summed E-state index contributed by atoms with van der Waals surface area (Å²) >= 11 is 5.81. The maximum atomic E-state index is 12.2. The van der Waals surface area contributed by atoms with E-state index in [-0.39, 0.29) is 5.91 Å². The van der Waals surface area contributed by atoms with Crippen LogP contribution in [-0.4, -0.2) is 24.0 Å². The van der Waals surface area contributed by atoms with Gasteiger partial charge in [-0.05, 0) is 55.7 Å². The average Bonchev–Trinajstić information content (AvgIpc) is 3.01. The standard InChI is InChI=1S/C17H18ClN3O/c1-12-10-14(4-5-15(12)21-8-2-3-9-21)20-17(22)13-6-7-19-16(18)11-13/h4-7,10-11H,2-3,8-9H2,1H3,(H,20,22). The lowest BCUT2D eigenvalue weighted by Gasteiger charge is -2.20. The van der Waals surface area contributed by atoms with Gasteiger partial charge in [-0.3, -0.25) is 4.79 Å². The van der Waals surface area contributed by atoms with Crippen LogP contribution in [0.2, 0.25) is 5.15 Å². The van der Waals surface area contributed by atoms with E-state index in [1.165, 1.54) is 30.3 Å². The zero-order valence-electron chi connectivity index (χ0n) is 12.5. The minimum Gasteiger partial charge on any atom is -0.371 e. The lowest BCUT2D eigenvalue weighted by molar-refractivity contribution is 0.102. The molecule has 3 rings (SSSR count). The molecule has 0 radical (unpaired) electrons. The first-order valence-electron chi connectivity index (χ1n) is 7.42. The fourth-order valence-corrected chi connectivity index (χ4v) is 2.97. The van der Waals surface area contributed by atoms with Crippen LogP contribution < -0.4 is 10.2 Å². The zero-order chi connectivity index (χ0) is 15.5. The number of rotatable bonds is 3. The van der Waals surface area contributed by atoms with Gasteiger partial charge in [0.05, 0.1) is 0 Å². The number of aromatic nitrogens is 1. The van der Waals surface area contributed by atoms with E-state index >= 15 is 0 Å². The molecule has 1 amide bonds. The smallest absolute Gasteiger partial charge is 0.255 e. The average molecular weight is 316 g/mol. The molecule has 1 saturated heterocycles. The van der Waals surface area contributed by atoms with Crippen molar-refractivity contribution < 1.29 is 4.79 Å². The number of nitrogens with zero attached hydrogens (tertiary/aromatic N) is 2. The summed E-state index contributed by atoms with van der Waals surface area (Å²) in [6.07, 6.45) is 4.03. The molecule has 0 bridgehead atoms. The Hall–Kier alpha value is -2.07. The van der Waals surface area contributed by atoms with E-state index in [2.05, 4.69) is 28.2 Å². The molecule has 0 saturated carbocycles. The van der Waals surface area contributed by atoms with Gasteiger partial charge in [0, 0.05) is 36.2 Å². The number of nitrogens with one attached hydrogen (secondary N) is 1. The van der Waals surface area contributed by atoms with E-state index in [0.717, 1.165) is 18.8 Å². The van der Waals surface area contributed by atoms with Gasteiger partial charge in [-0.2, -0.15) is 0 Å². The second kappa shape index (κ2) is 6.36. The van der Waals surface area contributed by atoms with E-state index < -0.39 is 0 Å². The van der Waals surface area contributed by atoms with E-state index in [0.29, 0.717) is 10.7 Å². The van der Waals surface area contributed by atoms with Gasteiger partial charge in [-0.1, -0.05) is 11.6 Å². The summed E-state index contributed by atoms with van der Waals surface area (Å²) in [4.78, 5) is 18.5. The third-order valence-corrected chi connectivity index (χ3v) is 4.10. The highest BCUT2D eigenvalue weighted by Gasteiger charge is 2.15. The second-order valence-corrected chi connectivity index (χ2v) is 5.90. The molecule has 1 aliphatic rings. The van der Waals surface area contributed by atoms with Crippen LogP contribution in [0.4, 0.5) is 11.4 Å². The molecular formula is C17H18ClN3O. The molecule has 1 N–H and O–H groups in total. The monoisotopic (exact) mass is 315 g/mol. The van der Waals surface area contributed by atoms with Crippen LogP contribution in [-0.2, 0) is 0 Å². The summed E-state index contributed by atoms with van der Waals surface area (Å²) in [5.74, 6) is -0.183. The molecule has 114 valence electrons. The van der Waals surface area contributed by atoms with Gasteiger partial charge in [-0.25, -0.2) is 4.98 Å². The molecule has 0 spiro atoms. The molecule has 1 aromatic heterocycles. The normalized spacial score (nSPS) is 14.2. The lowest BCUT2D eigenvalue weighted by Crippen LogP contribution is -2.19. The van der Waals surface area contributed by atoms with Crippen molar-refractivity contribution >= 4 is 28.9 Å². The Morgan fingerprint density at radius 2 is 2.00 bits per heavy atom. The number of carbonyl (C=O) groups is 1. The Bertz CT molecular complexity index is 696. The van der Waals surface area contributed by atoms with Crippen molar-refractivity contribution in [2.75, 3.05) is 23.3 Å². The third kappa shape index (κ3) is 3.22. The van der Waals surface area contributed by atoms with Crippen molar-refractivity contribution in [1.29, 1.82) is 0 Å². The van der Waals surface area contributed by atoms with Crippen LogP contribution in [0.1, 0.15) is 28.8 Å². The number of amides is 1. The van der Waals surface area contributed by atoms with Gasteiger partial charge in [0.1, 0.15) is 5.15 Å². The van der Waals surface area contributed by atoms with Gasteiger partial charge in [0.15, 0.2) is 0 Å². The van der Waals surface area contributed by atoms with Crippen molar-refractivity contribution in [2.24, 2.45) is 0 Å². The molecule has 1 aliphatic heterocycles. The summed E-state index contributed by atoms with van der Waals surface area (Å²) in [6, 6.07) is 9.24. The van der Waals surface area contributed by atoms with Gasteiger partial charge < -0.3 is 10.2 Å². The Labute approximate surface area is 135 Å². The Kier molecular flexibility index (Phi) is 4.29. The van der Waals surface area contributed by atoms with Crippen molar-refractivity contribution in [1.82, 2.24) is 4.98 Å². The fourth-order valence-electron chi connectivity index (χ4n) is 2.79. The second-order valence-electron chi connectivity index (χ2n) is 5.52. The van der Waals surface area contributed by atoms with Crippen molar-refractivity contribution in [2.45, 2.75) is 19.8 Å². The number of anilines is 2. The third-order valence-electron chi connectivity index (χ3n) is 3.89. The number of carbonyl (C=O) groups excluding carboxylic acids is 1. The molecule has 0 atom stereocenters. The van der Waals surface area contributed by atoms with Crippen LogP contribution in [0.15, 0.2) is 36.5 Å². The number of hydrogen-bond acceptors (Lipinski definition) is 3. The van der Waals surface area contributed by atoms with E-state index in [1.54, 1.807) is 12.1 Å². The molecular weight excluding hydrogens is 298 g/mol. The summed E-state index contributed by atoms with van der Waals surface area (Å²) in [5.41, 5.74) is 3.72. The summed E-state index contributed by atoms with van der Waals surface area (Å²) < 4.78 is 0. The van der Waals surface area contributed by atoms with Crippen molar-refractivity contribution in [3.05, 3.63) is 52.8 Å². The summed E-state index contributed by atoms with van der Waals surface area (Å²) in [5, 5.41) is 3.21. The zero-order valence-corrected chi connectivity index (χ0v) is 13.2. The van der Waals surface area contributed by atoms with Crippen LogP contribution in [0.3, 0.4) is 0 Å². The highest BCUT2D eigenvalue weighted by atomic mass is 35.5. The summed E-state index contributed by atoms with van der Waals surface area (Å²) in [7, 11) is 0. The maximum Gasteiger partial charge on any atom is 0.255 e. The fraction of sp³-hybridized carbons (Fsp3) is 0.294. The molecule has 2 aromatic rings. The van der Waals surface area contributed by atoms with Crippen LogP contribution in [0.25, 0.3) is 0 Å². The largest absolute Gasteiger partial charge is 0.371 e. The van der Waals surface area contributed by atoms with E-state index in [1.807, 2.05) is 12.1 Å². The van der Waals surface area contributed by atoms with Crippen molar-refractivity contribution in [3.63, 3.8) is 0 Å². The lowest BCUT2D eigenvalue weighted by atomic mass is 10.1. The molecule has 4 nitrogen and oxygen atoms in total. The minimum atomic E-state index is -0.183. The number of hydrogen-bond donors (Lipinski definition) is 1. The van der Waals surface area contributed by atoms with Crippen LogP contribution in [0.5, 0.6) is 0 Å². The first-order valence-corrected chi connectivity index (χ1v) is 7.80. The topological polar surface area (TPSA) is 45.2 Å². The molecule has 0 unspecified atom stereocenters. The number of halogens is 1. The molecule has 1 fully saturated rings. The van der Waals surface area contributed by atoms with Gasteiger partial charge in [0.25, 0.3) is 5.91 Å². The quantitative estimate of drug-likeness (QED) is 0.874. The Morgan fingerprint density at radius 1 is 1.23 bits per heavy atom. The minimum absolute atomic E-state index is 0.183. The van der Waals surface area contributed by atoms with Gasteiger partial charge >= 0.3 is 0 Å². The molecule has 1 aromatic carbocycles. The number of benzene rings is 1. The maximum absolute atomic E-state index is 12.2. The Balaban J connectivity index is 1.75. The molecule has 5 heteroatoms.